The van der Waals surface area contributed by atoms with Crippen LogP contribution in [0.15, 0.2) is 35.9 Å². The Morgan fingerprint density at radius 3 is 2.79 bits per heavy atom. The van der Waals surface area contributed by atoms with Gasteiger partial charge in [-0.05, 0) is 23.8 Å². The normalized spacial score (nSPS) is 28.6. The van der Waals surface area contributed by atoms with Gasteiger partial charge in [0.25, 0.3) is 0 Å². The zero-order valence-electron chi connectivity index (χ0n) is 9.95. The number of carbonyl (C=O) groups is 2. The molecule has 1 aromatic carbocycles. The van der Waals surface area contributed by atoms with Gasteiger partial charge < -0.3 is 14.9 Å². The number of phenolic OH excluding ortho intramolecular Hbond substituents is 1. The first-order chi connectivity index (χ1) is 9.08. The summed E-state index contributed by atoms with van der Waals surface area (Å²) < 4.78 is 5.03. The van der Waals surface area contributed by atoms with Gasteiger partial charge in [0, 0.05) is 6.42 Å². The Balaban J connectivity index is 1.80. The minimum atomic E-state index is -0.919. The van der Waals surface area contributed by atoms with Crippen LogP contribution in [0.4, 0.5) is 0 Å². The van der Waals surface area contributed by atoms with Crippen LogP contribution in [-0.2, 0) is 9.53 Å². The lowest BCUT2D eigenvalue weighted by molar-refractivity contribution is -0.116. The number of ketones is 2. The summed E-state index contributed by atoms with van der Waals surface area (Å²) in [5.74, 6) is -0.657. The van der Waals surface area contributed by atoms with E-state index < -0.39 is 18.3 Å². The van der Waals surface area contributed by atoms with Crippen LogP contribution >= 0.6 is 0 Å². The molecule has 1 saturated heterocycles. The third-order valence-corrected chi connectivity index (χ3v) is 3.39. The van der Waals surface area contributed by atoms with E-state index in [1.54, 1.807) is 12.1 Å². The number of aliphatic hydroxyl groups is 1. The van der Waals surface area contributed by atoms with Gasteiger partial charge in [-0.2, -0.15) is 0 Å². The van der Waals surface area contributed by atoms with Crippen LogP contribution in [0, 0.1) is 0 Å². The number of hydrogen-bond donors (Lipinski definition) is 2. The third-order valence-electron chi connectivity index (χ3n) is 3.39. The summed E-state index contributed by atoms with van der Waals surface area (Å²) in [5, 5.41) is 19.5. The van der Waals surface area contributed by atoms with E-state index in [0.717, 1.165) is 0 Å². The smallest absolute Gasteiger partial charge is 0.187 e. The topological polar surface area (TPSA) is 87.1 Å². The Morgan fingerprint density at radius 2 is 2.05 bits per heavy atom. The third kappa shape index (κ3) is 2.07. The number of aliphatic hydroxyl groups excluding tert-OH is 1. The fourth-order valence-corrected chi connectivity index (χ4v) is 2.30. The standard InChI is InChI=1S/C14H12O5/c15-9-4-2-1-3-8(9)10(16)5-7-6-11(17)13-14(19-13)12(7)18/h1-4,6,12-15,18H,5H2. The maximum Gasteiger partial charge on any atom is 0.187 e. The van der Waals surface area contributed by atoms with Crippen LogP contribution in [0.1, 0.15) is 16.8 Å². The lowest BCUT2D eigenvalue weighted by atomic mass is 9.90. The van der Waals surface area contributed by atoms with Crippen molar-refractivity contribution in [2.75, 3.05) is 0 Å². The number of hydrogen-bond acceptors (Lipinski definition) is 5. The molecule has 0 bridgehead atoms. The van der Waals surface area contributed by atoms with Crippen LogP contribution in [-0.4, -0.2) is 40.1 Å². The summed E-state index contributed by atoms with van der Waals surface area (Å²) in [6.45, 7) is 0. The number of ether oxygens (including phenoxy) is 1. The lowest BCUT2D eigenvalue weighted by Crippen LogP contribution is -2.29. The van der Waals surface area contributed by atoms with Crippen LogP contribution in [0.5, 0.6) is 5.75 Å². The molecule has 0 amide bonds. The van der Waals surface area contributed by atoms with Gasteiger partial charge in [-0.25, -0.2) is 0 Å². The number of phenols is 1. The van der Waals surface area contributed by atoms with Crippen molar-refractivity contribution in [1.29, 1.82) is 0 Å². The van der Waals surface area contributed by atoms with Gasteiger partial charge >= 0.3 is 0 Å². The highest BCUT2D eigenvalue weighted by atomic mass is 16.6. The molecule has 1 aromatic rings. The maximum atomic E-state index is 12.0. The van der Waals surface area contributed by atoms with Crippen molar-refractivity contribution in [3.8, 4) is 5.75 Å². The Hall–Kier alpha value is -1.98. The average Bonchev–Trinajstić information content (AvgIpc) is 3.17. The molecular formula is C14H12O5. The van der Waals surface area contributed by atoms with E-state index in [-0.39, 0.29) is 29.3 Å². The molecule has 1 heterocycles. The molecule has 98 valence electrons. The van der Waals surface area contributed by atoms with Gasteiger partial charge in [0.2, 0.25) is 0 Å². The monoisotopic (exact) mass is 260 g/mol. The number of Topliss-reactive ketones (excluding diaryl/α,β-unsaturated/α-hetero) is 1. The van der Waals surface area contributed by atoms with E-state index in [1.165, 1.54) is 18.2 Å². The number of aromatic hydroxyl groups is 1. The van der Waals surface area contributed by atoms with Gasteiger partial charge in [-0.1, -0.05) is 12.1 Å². The molecule has 5 heteroatoms. The molecule has 3 atom stereocenters. The predicted octanol–water partition coefficient (Wildman–Crippen LogP) is 0.602. The number of para-hydroxylation sites is 1. The van der Waals surface area contributed by atoms with Gasteiger partial charge in [0.05, 0.1) is 5.56 Å². The molecule has 0 radical (unpaired) electrons. The summed E-state index contributed by atoms with van der Waals surface area (Å²) >= 11 is 0. The highest BCUT2D eigenvalue weighted by Crippen LogP contribution is 2.36. The Labute approximate surface area is 109 Å². The number of epoxide rings is 1. The Bertz CT molecular complexity index is 589. The molecule has 5 nitrogen and oxygen atoms in total. The molecule has 1 aliphatic carbocycles. The van der Waals surface area contributed by atoms with E-state index in [9.17, 15) is 19.8 Å². The molecule has 0 aromatic heterocycles. The second-order valence-corrected chi connectivity index (χ2v) is 4.70. The van der Waals surface area contributed by atoms with E-state index in [0.29, 0.717) is 5.57 Å². The van der Waals surface area contributed by atoms with Crippen LogP contribution < -0.4 is 0 Å². The van der Waals surface area contributed by atoms with Crippen molar-refractivity contribution >= 4 is 11.6 Å². The molecule has 3 unspecified atom stereocenters. The van der Waals surface area contributed by atoms with Crippen molar-refractivity contribution in [1.82, 2.24) is 0 Å². The largest absolute Gasteiger partial charge is 0.507 e. The predicted molar refractivity (Wildman–Crippen MR) is 64.8 cm³/mol. The van der Waals surface area contributed by atoms with Gasteiger partial charge in [-0.15, -0.1) is 0 Å². The van der Waals surface area contributed by atoms with E-state index in [4.69, 9.17) is 4.74 Å². The van der Waals surface area contributed by atoms with Gasteiger partial charge in [0.1, 0.15) is 24.1 Å². The van der Waals surface area contributed by atoms with Crippen molar-refractivity contribution < 1.29 is 24.5 Å². The number of fused-ring (bicyclic) bond motifs is 1. The molecule has 1 aliphatic heterocycles. The molecule has 2 aliphatic rings. The molecule has 0 spiro atoms. The van der Waals surface area contributed by atoms with E-state index in [2.05, 4.69) is 0 Å². The molecule has 0 saturated carbocycles. The molecule has 1 fully saturated rings. The summed E-state index contributed by atoms with van der Waals surface area (Å²) in [7, 11) is 0. The Kier molecular flexibility index (Phi) is 2.73. The van der Waals surface area contributed by atoms with Crippen LogP contribution in [0.2, 0.25) is 0 Å². The first-order valence-corrected chi connectivity index (χ1v) is 5.97. The highest BCUT2D eigenvalue weighted by Gasteiger charge is 2.52. The van der Waals surface area contributed by atoms with Crippen LogP contribution in [0.25, 0.3) is 0 Å². The van der Waals surface area contributed by atoms with Crippen molar-refractivity contribution in [2.24, 2.45) is 0 Å². The molecule has 19 heavy (non-hydrogen) atoms. The Morgan fingerprint density at radius 1 is 1.32 bits per heavy atom. The molecular weight excluding hydrogens is 248 g/mol. The zero-order chi connectivity index (χ0) is 13.6. The summed E-state index contributed by atoms with van der Waals surface area (Å²) in [6.07, 6.45) is -0.797. The first kappa shape index (κ1) is 12.1. The van der Waals surface area contributed by atoms with Gasteiger partial charge in [-0.3, -0.25) is 9.59 Å². The highest BCUT2D eigenvalue weighted by molar-refractivity contribution is 6.03. The lowest BCUT2D eigenvalue weighted by Gasteiger charge is -2.15. The fourth-order valence-electron chi connectivity index (χ4n) is 2.30. The van der Waals surface area contributed by atoms with E-state index in [1.807, 2.05) is 0 Å². The minimum Gasteiger partial charge on any atom is -0.507 e. The summed E-state index contributed by atoms with van der Waals surface area (Å²) in [5.41, 5.74) is 0.527. The van der Waals surface area contributed by atoms with Crippen molar-refractivity contribution in [3.05, 3.63) is 41.5 Å². The fraction of sp³-hybridized carbons (Fsp3) is 0.286. The second-order valence-electron chi connectivity index (χ2n) is 4.70. The van der Waals surface area contributed by atoms with E-state index >= 15 is 0 Å². The zero-order valence-corrected chi connectivity index (χ0v) is 9.95. The quantitative estimate of drug-likeness (QED) is 0.614. The van der Waals surface area contributed by atoms with Crippen molar-refractivity contribution in [3.63, 3.8) is 0 Å². The second kappa shape index (κ2) is 4.29. The number of carbonyl (C=O) groups excluding carboxylic acids is 2. The maximum absolute atomic E-state index is 12.0. The first-order valence-electron chi connectivity index (χ1n) is 5.97. The summed E-state index contributed by atoms with van der Waals surface area (Å²) in [6, 6.07) is 6.19. The summed E-state index contributed by atoms with van der Waals surface area (Å²) in [4.78, 5) is 23.5. The van der Waals surface area contributed by atoms with Crippen LogP contribution in [0.3, 0.4) is 0 Å². The molecule has 2 N–H and O–H groups in total. The average molecular weight is 260 g/mol. The SMILES string of the molecule is O=C(CC1=CC(=O)C2OC2C1O)c1ccccc1O. The number of rotatable bonds is 3. The van der Waals surface area contributed by atoms with Crippen molar-refractivity contribution in [2.45, 2.75) is 24.7 Å². The number of benzene rings is 1. The molecule has 3 rings (SSSR count). The van der Waals surface area contributed by atoms with Gasteiger partial charge in [0.15, 0.2) is 11.6 Å². The minimum absolute atomic E-state index is 0.100.